The van der Waals surface area contributed by atoms with Crippen LogP contribution in [-0.2, 0) is 0 Å². The van der Waals surface area contributed by atoms with Crippen LogP contribution < -0.4 is 15.4 Å². The third-order valence-corrected chi connectivity index (χ3v) is 3.55. The largest absolute Gasteiger partial charge is 0.481 e. The van der Waals surface area contributed by atoms with E-state index in [0.29, 0.717) is 5.88 Å². The third kappa shape index (κ3) is 3.03. The van der Waals surface area contributed by atoms with Crippen molar-refractivity contribution in [3.63, 3.8) is 0 Å². The zero-order chi connectivity index (χ0) is 13.0. The van der Waals surface area contributed by atoms with Gasteiger partial charge in [0, 0.05) is 19.2 Å². The molecule has 0 atom stereocenters. The first-order valence-electron chi connectivity index (χ1n) is 6.66. The van der Waals surface area contributed by atoms with Crippen molar-refractivity contribution >= 4 is 11.8 Å². The molecule has 1 saturated heterocycles. The molecule has 5 heteroatoms. The predicted molar refractivity (Wildman–Crippen MR) is 72.8 cm³/mol. The lowest BCUT2D eigenvalue weighted by Crippen LogP contribution is -2.34. The first-order valence-corrected chi connectivity index (χ1v) is 6.66. The van der Waals surface area contributed by atoms with Crippen LogP contribution in [-0.4, -0.2) is 30.2 Å². The van der Waals surface area contributed by atoms with E-state index < -0.39 is 0 Å². The quantitative estimate of drug-likeness (QED) is 0.886. The van der Waals surface area contributed by atoms with Crippen LogP contribution in [0, 0.1) is 5.92 Å². The number of aromatic nitrogens is 2. The second kappa shape index (κ2) is 5.89. The second-order valence-electron chi connectivity index (χ2n) is 4.85. The van der Waals surface area contributed by atoms with Gasteiger partial charge in [0.15, 0.2) is 0 Å². The minimum atomic E-state index is 0.278. The van der Waals surface area contributed by atoms with Crippen LogP contribution in [0.2, 0.25) is 0 Å². The summed E-state index contributed by atoms with van der Waals surface area (Å²) >= 11 is 0. The molecule has 0 spiro atoms. The molecule has 1 aliphatic heterocycles. The normalized spacial score (nSPS) is 16.9. The Balaban J connectivity index is 2.02. The summed E-state index contributed by atoms with van der Waals surface area (Å²) in [6, 6.07) is 1.86. The van der Waals surface area contributed by atoms with Gasteiger partial charge in [0.05, 0.1) is 7.11 Å². The number of nitrogens with two attached hydrogens (primary N) is 1. The van der Waals surface area contributed by atoms with Gasteiger partial charge in [0.2, 0.25) is 11.8 Å². The van der Waals surface area contributed by atoms with Gasteiger partial charge in [-0.25, -0.2) is 0 Å². The average Bonchev–Trinajstić information content (AvgIpc) is 2.39. The zero-order valence-corrected chi connectivity index (χ0v) is 11.2. The third-order valence-electron chi connectivity index (χ3n) is 3.55. The molecule has 1 aliphatic rings. The number of hydrogen-bond acceptors (Lipinski definition) is 5. The molecule has 0 radical (unpaired) electrons. The van der Waals surface area contributed by atoms with Crippen LogP contribution >= 0.6 is 0 Å². The molecule has 0 saturated carbocycles. The number of piperidine rings is 1. The van der Waals surface area contributed by atoms with Gasteiger partial charge in [-0.1, -0.05) is 19.8 Å². The van der Waals surface area contributed by atoms with Gasteiger partial charge in [-0.05, 0) is 18.8 Å². The Morgan fingerprint density at radius 1 is 1.39 bits per heavy atom. The van der Waals surface area contributed by atoms with Crippen LogP contribution in [0.15, 0.2) is 6.07 Å². The smallest absolute Gasteiger partial charge is 0.225 e. The van der Waals surface area contributed by atoms with Crippen LogP contribution in [0.1, 0.15) is 32.6 Å². The van der Waals surface area contributed by atoms with E-state index in [9.17, 15) is 0 Å². The molecule has 1 aromatic rings. The van der Waals surface area contributed by atoms with Gasteiger partial charge in [-0.15, -0.1) is 0 Å². The minimum Gasteiger partial charge on any atom is -0.481 e. The fourth-order valence-electron chi connectivity index (χ4n) is 2.56. The molecule has 0 bridgehead atoms. The topological polar surface area (TPSA) is 64.3 Å². The van der Waals surface area contributed by atoms with Crippen LogP contribution in [0.25, 0.3) is 0 Å². The fourth-order valence-corrected chi connectivity index (χ4v) is 2.56. The molecule has 1 aromatic heterocycles. The Kier molecular flexibility index (Phi) is 4.23. The van der Waals surface area contributed by atoms with Gasteiger partial charge < -0.3 is 15.4 Å². The predicted octanol–water partition coefficient (Wildman–Crippen LogP) is 2.08. The SMILES string of the molecule is CCCC1CCN(c2cc(OC)nc(N)n2)CC1. The number of methoxy groups -OCH3 is 1. The lowest BCUT2D eigenvalue weighted by Gasteiger charge is -2.32. The lowest BCUT2D eigenvalue weighted by molar-refractivity contribution is 0.375. The maximum absolute atomic E-state index is 5.69. The number of anilines is 2. The van der Waals surface area contributed by atoms with Crippen LogP contribution in [0.5, 0.6) is 5.88 Å². The van der Waals surface area contributed by atoms with E-state index in [1.54, 1.807) is 7.11 Å². The summed E-state index contributed by atoms with van der Waals surface area (Å²) < 4.78 is 5.13. The van der Waals surface area contributed by atoms with E-state index in [1.807, 2.05) is 6.07 Å². The van der Waals surface area contributed by atoms with E-state index >= 15 is 0 Å². The maximum atomic E-state index is 5.69. The highest BCUT2D eigenvalue weighted by Gasteiger charge is 2.20. The van der Waals surface area contributed by atoms with Crippen molar-refractivity contribution < 1.29 is 4.74 Å². The Bertz CT molecular complexity index is 389. The van der Waals surface area contributed by atoms with Crippen molar-refractivity contribution in [1.29, 1.82) is 0 Å². The molecule has 2 heterocycles. The molecule has 100 valence electrons. The van der Waals surface area contributed by atoms with Gasteiger partial charge >= 0.3 is 0 Å². The number of hydrogen-bond donors (Lipinski definition) is 1. The maximum Gasteiger partial charge on any atom is 0.225 e. The highest BCUT2D eigenvalue weighted by Crippen LogP contribution is 2.26. The molecular formula is C13H22N4O. The summed E-state index contributed by atoms with van der Waals surface area (Å²) in [7, 11) is 1.60. The molecule has 0 unspecified atom stereocenters. The molecule has 18 heavy (non-hydrogen) atoms. The zero-order valence-electron chi connectivity index (χ0n) is 11.2. The van der Waals surface area contributed by atoms with Crippen molar-refractivity contribution in [3.05, 3.63) is 6.07 Å². The second-order valence-corrected chi connectivity index (χ2v) is 4.85. The summed E-state index contributed by atoms with van der Waals surface area (Å²) in [5.41, 5.74) is 5.69. The number of ether oxygens (including phenoxy) is 1. The summed E-state index contributed by atoms with van der Waals surface area (Å²) in [5.74, 6) is 2.56. The Morgan fingerprint density at radius 3 is 2.72 bits per heavy atom. The van der Waals surface area contributed by atoms with Crippen molar-refractivity contribution in [2.45, 2.75) is 32.6 Å². The lowest BCUT2D eigenvalue weighted by atomic mass is 9.92. The van der Waals surface area contributed by atoms with Crippen molar-refractivity contribution in [2.24, 2.45) is 5.92 Å². The van der Waals surface area contributed by atoms with Crippen LogP contribution in [0.3, 0.4) is 0 Å². The summed E-state index contributed by atoms with van der Waals surface area (Å²) in [4.78, 5) is 10.6. The summed E-state index contributed by atoms with van der Waals surface area (Å²) in [6.45, 7) is 4.34. The van der Waals surface area contributed by atoms with Gasteiger partial charge in [-0.3, -0.25) is 0 Å². The van der Waals surface area contributed by atoms with E-state index in [1.165, 1.54) is 25.7 Å². The van der Waals surface area contributed by atoms with Crippen molar-refractivity contribution in [3.8, 4) is 5.88 Å². The molecule has 1 fully saturated rings. The van der Waals surface area contributed by atoms with Gasteiger partial charge in [-0.2, -0.15) is 9.97 Å². The first kappa shape index (κ1) is 12.9. The number of rotatable bonds is 4. The first-order chi connectivity index (χ1) is 8.72. The fraction of sp³-hybridized carbons (Fsp3) is 0.692. The highest BCUT2D eigenvalue weighted by atomic mass is 16.5. The molecular weight excluding hydrogens is 228 g/mol. The molecule has 2 N–H and O–H groups in total. The molecule has 2 rings (SSSR count). The Hall–Kier alpha value is -1.52. The standard InChI is InChI=1S/C13H22N4O/c1-3-4-10-5-7-17(8-6-10)11-9-12(18-2)16-13(14)15-11/h9-10H,3-8H2,1-2H3,(H2,14,15,16). The van der Waals surface area contributed by atoms with E-state index in [0.717, 1.165) is 24.8 Å². The minimum absolute atomic E-state index is 0.278. The van der Waals surface area contributed by atoms with Crippen LogP contribution in [0.4, 0.5) is 11.8 Å². The van der Waals surface area contributed by atoms with E-state index in [2.05, 4.69) is 21.8 Å². The molecule has 0 aliphatic carbocycles. The molecule has 5 nitrogen and oxygen atoms in total. The van der Waals surface area contributed by atoms with Crippen molar-refractivity contribution in [1.82, 2.24) is 9.97 Å². The molecule has 0 amide bonds. The monoisotopic (exact) mass is 250 g/mol. The van der Waals surface area contributed by atoms with Gasteiger partial charge in [0.25, 0.3) is 0 Å². The summed E-state index contributed by atoms with van der Waals surface area (Å²) in [6.07, 6.45) is 5.09. The Labute approximate surface area is 108 Å². The number of nitrogens with zero attached hydrogens (tertiary/aromatic N) is 3. The van der Waals surface area contributed by atoms with E-state index in [-0.39, 0.29) is 5.95 Å². The van der Waals surface area contributed by atoms with Crippen molar-refractivity contribution in [2.75, 3.05) is 30.8 Å². The van der Waals surface area contributed by atoms with E-state index in [4.69, 9.17) is 10.5 Å². The number of nitrogen functional groups attached to an aromatic ring is 1. The average molecular weight is 250 g/mol. The highest BCUT2D eigenvalue weighted by molar-refractivity contribution is 5.45. The Morgan fingerprint density at radius 2 is 2.11 bits per heavy atom. The van der Waals surface area contributed by atoms with Gasteiger partial charge in [0.1, 0.15) is 5.82 Å². The molecule has 0 aromatic carbocycles. The summed E-state index contributed by atoms with van der Waals surface area (Å²) in [5, 5.41) is 0.